The molecular formula is C9H12N4. The highest BCUT2D eigenvalue weighted by Gasteiger charge is 2.05. The molecule has 0 N–H and O–H groups in total. The Labute approximate surface area is 76.6 Å². The average Bonchev–Trinajstić information content (AvgIpc) is 2.51. The van der Waals surface area contributed by atoms with E-state index in [1.807, 2.05) is 13.1 Å². The molecule has 0 spiro atoms. The summed E-state index contributed by atoms with van der Waals surface area (Å²) in [4.78, 5) is 0. The third kappa shape index (κ3) is 1.28. The number of pyridine rings is 1. The van der Waals surface area contributed by atoms with Gasteiger partial charge in [-0.25, -0.2) is 4.52 Å². The van der Waals surface area contributed by atoms with Gasteiger partial charge in [0.2, 0.25) is 0 Å². The smallest absolute Gasteiger partial charge is 0.182 e. The molecule has 0 aliphatic rings. The van der Waals surface area contributed by atoms with Crippen molar-refractivity contribution in [2.24, 2.45) is 0 Å². The van der Waals surface area contributed by atoms with Gasteiger partial charge in [0.05, 0.1) is 0 Å². The molecule has 2 aromatic rings. The molecule has 0 amide bonds. The Bertz CT molecular complexity index is 430. The molecule has 2 aromatic heterocycles. The van der Waals surface area contributed by atoms with Gasteiger partial charge in [-0.15, -0.1) is 5.10 Å². The molecule has 0 aliphatic carbocycles. The van der Waals surface area contributed by atoms with Crippen LogP contribution in [0.15, 0.2) is 12.3 Å². The Hall–Kier alpha value is -1.45. The summed E-state index contributed by atoms with van der Waals surface area (Å²) in [5.41, 5.74) is 3.22. The fraction of sp³-hybridized carbons (Fsp3) is 0.444. The molecule has 0 unspecified atom stereocenters. The Balaban J connectivity index is 2.70. The van der Waals surface area contributed by atoms with Crippen molar-refractivity contribution in [2.45, 2.75) is 26.7 Å². The highest BCUT2D eigenvalue weighted by atomic mass is 15.5. The largest absolute Gasteiger partial charge is 0.200 e. The summed E-state index contributed by atoms with van der Waals surface area (Å²) < 4.78 is 1.73. The minimum absolute atomic E-state index is 0.507. The summed E-state index contributed by atoms with van der Waals surface area (Å²) in [6.45, 7) is 6.34. The molecule has 4 heteroatoms. The van der Waals surface area contributed by atoms with Crippen LogP contribution in [0.25, 0.3) is 5.65 Å². The summed E-state index contributed by atoms with van der Waals surface area (Å²) in [6.07, 6.45) is 1.98. The van der Waals surface area contributed by atoms with Crippen LogP contribution in [0.4, 0.5) is 0 Å². The van der Waals surface area contributed by atoms with E-state index >= 15 is 0 Å². The molecule has 2 rings (SSSR count). The van der Waals surface area contributed by atoms with Crippen molar-refractivity contribution in [2.75, 3.05) is 0 Å². The number of fused-ring (bicyclic) bond motifs is 1. The summed E-state index contributed by atoms with van der Waals surface area (Å²) in [7, 11) is 0. The lowest BCUT2D eigenvalue weighted by molar-refractivity contribution is 0.794. The Kier molecular flexibility index (Phi) is 1.76. The maximum atomic E-state index is 3.92. The van der Waals surface area contributed by atoms with Gasteiger partial charge in [0.15, 0.2) is 5.65 Å². The number of hydrogen-bond acceptors (Lipinski definition) is 3. The Morgan fingerprint density at radius 3 is 2.85 bits per heavy atom. The number of aryl methyl sites for hydroxylation is 1. The van der Waals surface area contributed by atoms with E-state index in [0.29, 0.717) is 5.92 Å². The van der Waals surface area contributed by atoms with Gasteiger partial charge in [0.25, 0.3) is 0 Å². The normalized spacial score (nSPS) is 11.4. The van der Waals surface area contributed by atoms with Gasteiger partial charge >= 0.3 is 0 Å². The van der Waals surface area contributed by atoms with Crippen LogP contribution < -0.4 is 0 Å². The molecule has 0 saturated heterocycles. The third-order valence-electron chi connectivity index (χ3n) is 2.17. The van der Waals surface area contributed by atoms with Gasteiger partial charge in [-0.2, -0.15) is 0 Å². The number of rotatable bonds is 1. The van der Waals surface area contributed by atoms with E-state index < -0.39 is 0 Å². The number of nitrogens with zero attached hydrogens (tertiary/aromatic N) is 4. The van der Waals surface area contributed by atoms with Crippen molar-refractivity contribution in [3.05, 3.63) is 23.4 Å². The lowest BCUT2D eigenvalue weighted by atomic mass is 10.0. The van der Waals surface area contributed by atoms with E-state index in [0.717, 1.165) is 11.2 Å². The zero-order valence-electron chi connectivity index (χ0n) is 8.02. The highest BCUT2D eigenvalue weighted by molar-refractivity contribution is 5.46. The molecule has 0 radical (unpaired) electrons. The van der Waals surface area contributed by atoms with Crippen molar-refractivity contribution in [1.29, 1.82) is 0 Å². The maximum Gasteiger partial charge on any atom is 0.182 e. The first-order valence-corrected chi connectivity index (χ1v) is 4.36. The summed E-state index contributed by atoms with van der Waals surface area (Å²) in [5.74, 6) is 0.507. The molecule has 13 heavy (non-hydrogen) atoms. The average molecular weight is 176 g/mol. The van der Waals surface area contributed by atoms with E-state index in [4.69, 9.17) is 0 Å². The topological polar surface area (TPSA) is 43.1 Å². The maximum absolute atomic E-state index is 3.92. The molecule has 0 saturated carbocycles. The monoisotopic (exact) mass is 176 g/mol. The molecule has 0 aliphatic heterocycles. The number of tetrazole rings is 1. The van der Waals surface area contributed by atoms with Crippen molar-refractivity contribution in [3.8, 4) is 0 Å². The van der Waals surface area contributed by atoms with Gasteiger partial charge in [-0.3, -0.25) is 0 Å². The molecule has 0 bridgehead atoms. The zero-order valence-corrected chi connectivity index (χ0v) is 8.02. The molecular weight excluding hydrogens is 164 g/mol. The van der Waals surface area contributed by atoms with Crippen LogP contribution >= 0.6 is 0 Å². The minimum atomic E-state index is 0.507. The fourth-order valence-electron chi connectivity index (χ4n) is 1.35. The quantitative estimate of drug-likeness (QED) is 0.662. The molecule has 0 aromatic carbocycles. The highest BCUT2D eigenvalue weighted by Crippen LogP contribution is 2.16. The molecule has 2 heterocycles. The molecule has 68 valence electrons. The summed E-state index contributed by atoms with van der Waals surface area (Å²) in [5, 5.41) is 11.4. The molecule has 4 nitrogen and oxygen atoms in total. The first-order chi connectivity index (χ1) is 6.18. The van der Waals surface area contributed by atoms with Crippen LogP contribution in [-0.4, -0.2) is 20.0 Å². The summed E-state index contributed by atoms with van der Waals surface area (Å²) in [6, 6.07) is 2.14. The van der Waals surface area contributed by atoms with Crippen LogP contribution in [-0.2, 0) is 0 Å². The number of aromatic nitrogens is 4. The van der Waals surface area contributed by atoms with Crippen LogP contribution in [0.1, 0.15) is 30.9 Å². The van der Waals surface area contributed by atoms with Gasteiger partial charge in [0.1, 0.15) is 0 Å². The second-order valence-electron chi connectivity index (χ2n) is 3.56. The fourth-order valence-corrected chi connectivity index (χ4v) is 1.35. The Morgan fingerprint density at radius 2 is 2.15 bits per heavy atom. The minimum Gasteiger partial charge on any atom is -0.200 e. The lowest BCUT2D eigenvalue weighted by Crippen LogP contribution is -1.96. The SMILES string of the molecule is Cc1cc(C(C)C)cn2nnnc12. The van der Waals surface area contributed by atoms with Crippen molar-refractivity contribution in [3.63, 3.8) is 0 Å². The molecule has 0 atom stereocenters. The predicted molar refractivity (Wildman–Crippen MR) is 49.6 cm³/mol. The predicted octanol–water partition coefficient (Wildman–Crippen LogP) is 1.56. The number of hydrogen-bond donors (Lipinski definition) is 0. The first-order valence-electron chi connectivity index (χ1n) is 4.36. The standard InChI is InChI=1S/C9H12N4/c1-6(2)8-4-7(3)9-10-11-12-13(9)5-8/h4-6H,1-3H3. The van der Waals surface area contributed by atoms with Gasteiger partial charge in [-0.1, -0.05) is 19.9 Å². The molecule has 0 fully saturated rings. The van der Waals surface area contributed by atoms with Crippen LogP contribution in [0.2, 0.25) is 0 Å². The van der Waals surface area contributed by atoms with E-state index in [9.17, 15) is 0 Å². The third-order valence-corrected chi connectivity index (χ3v) is 2.17. The first kappa shape index (κ1) is 8.16. The van der Waals surface area contributed by atoms with E-state index in [-0.39, 0.29) is 0 Å². The van der Waals surface area contributed by atoms with Gasteiger partial charge in [0, 0.05) is 6.20 Å². The second-order valence-corrected chi connectivity index (χ2v) is 3.56. The van der Waals surface area contributed by atoms with Crippen molar-refractivity contribution in [1.82, 2.24) is 20.0 Å². The van der Waals surface area contributed by atoms with E-state index in [1.165, 1.54) is 5.56 Å². The van der Waals surface area contributed by atoms with E-state index in [2.05, 4.69) is 35.4 Å². The van der Waals surface area contributed by atoms with E-state index in [1.54, 1.807) is 4.52 Å². The zero-order chi connectivity index (χ0) is 9.42. The van der Waals surface area contributed by atoms with Gasteiger partial charge in [-0.05, 0) is 34.4 Å². The Morgan fingerprint density at radius 1 is 1.38 bits per heavy atom. The van der Waals surface area contributed by atoms with Crippen LogP contribution in [0, 0.1) is 6.92 Å². The van der Waals surface area contributed by atoms with Crippen LogP contribution in [0.3, 0.4) is 0 Å². The van der Waals surface area contributed by atoms with Crippen LogP contribution in [0.5, 0.6) is 0 Å². The van der Waals surface area contributed by atoms with Crippen molar-refractivity contribution < 1.29 is 0 Å². The second kappa shape index (κ2) is 2.80. The van der Waals surface area contributed by atoms with Gasteiger partial charge < -0.3 is 0 Å². The summed E-state index contributed by atoms with van der Waals surface area (Å²) >= 11 is 0. The van der Waals surface area contributed by atoms with Crippen molar-refractivity contribution >= 4 is 5.65 Å². The lowest BCUT2D eigenvalue weighted by Gasteiger charge is -2.06.